The Hall–Kier alpha value is -2.70. The second kappa shape index (κ2) is 6.23. The molecule has 2 aliphatic rings. The fourth-order valence-corrected chi connectivity index (χ4v) is 4.11. The zero-order valence-electron chi connectivity index (χ0n) is 15.3. The molecule has 2 atom stereocenters. The van der Waals surface area contributed by atoms with Crippen LogP contribution in [0.4, 0.5) is 5.82 Å². The number of amides is 1. The van der Waals surface area contributed by atoms with E-state index in [1.807, 2.05) is 34.5 Å². The first-order chi connectivity index (χ1) is 12.4. The molecule has 0 unspecified atom stereocenters. The molecule has 4 rings (SSSR count). The van der Waals surface area contributed by atoms with Crippen molar-refractivity contribution in [2.75, 3.05) is 32.1 Å². The van der Waals surface area contributed by atoms with Gasteiger partial charge in [0.2, 0.25) is 5.91 Å². The highest BCUT2D eigenvalue weighted by atomic mass is 16.2. The minimum atomic E-state index is 0.00786. The summed E-state index contributed by atoms with van der Waals surface area (Å²) >= 11 is 0. The van der Waals surface area contributed by atoms with Crippen molar-refractivity contribution < 1.29 is 4.79 Å². The Balaban J connectivity index is 1.77. The summed E-state index contributed by atoms with van der Waals surface area (Å²) in [6.45, 7) is 3.73. The van der Waals surface area contributed by atoms with Crippen molar-refractivity contribution in [2.45, 2.75) is 25.8 Å². The molecule has 1 saturated heterocycles. The minimum absolute atomic E-state index is 0.00786. The third kappa shape index (κ3) is 2.87. The van der Waals surface area contributed by atoms with Crippen molar-refractivity contribution in [3.05, 3.63) is 40.6 Å². The van der Waals surface area contributed by atoms with E-state index in [0.29, 0.717) is 19.0 Å². The first-order valence-corrected chi connectivity index (χ1v) is 8.92. The number of carbonyl (C=O) groups is 1. The molecular weight excluding hydrogens is 330 g/mol. The summed E-state index contributed by atoms with van der Waals surface area (Å²) in [4.78, 5) is 37.0. The molecule has 26 heavy (non-hydrogen) atoms. The summed E-state index contributed by atoms with van der Waals surface area (Å²) in [6.07, 6.45) is 2.55. The molecule has 2 aromatic heterocycles. The van der Waals surface area contributed by atoms with Crippen molar-refractivity contribution in [3.63, 3.8) is 0 Å². The third-order valence-electron chi connectivity index (χ3n) is 5.41. The molecule has 0 radical (unpaired) electrons. The third-order valence-corrected chi connectivity index (χ3v) is 5.41. The Labute approximate surface area is 152 Å². The first-order valence-electron chi connectivity index (χ1n) is 8.92. The Morgan fingerprint density at radius 2 is 1.96 bits per heavy atom. The van der Waals surface area contributed by atoms with Crippen molar-refractivity contribution in [1.29, 1.82) is 0 Å². The first kappa shape index (κ1) is 16.8. The predicted molar refractivity (Wildman–Crippen MR) is 99.2 cm³/mol. The van der Waals surface area contributed by atoms with Gasteiger partial charge in [-0.2, -0.15) is 0 Å². The summed E-state index contributed by atoms with van der Waals surface area (Å²) in [5, 5.41) is 0. The lowest BCUT2D eigenvalue weighted by Gasteiger charge is -2.42. The quantitative estimate of drug-likeness (QED) is 0.815. The van der Waals surface area contributed by atoms with E-state index >= 15 is 0 Å². The topological polar surface area (TPSA) is 71.3 Å². The number of nitrogens with zero attached hydrogens (tertiary/aromatic N) is 5. The van der Waals surface area contributed by atoms with Gasteiger partial charge in [-0.25, -0.2) is 9.97 Å². The molecule has 0 N–H and O–H groups in total. The molecule has 136 valence electrons. The lowest BCUT2D eigenvalue weighted by molar-refractivity contribution is -0.131. The Kier molecular flexibility index (Phi) is 4.01. The molecule has 2 aliphatic heterocycles. The highest BCUT2D eigenvalue weighted by Gasteiger charge is 2.35. The van der Waals surface area contributed by atoms with Crippen LogP contribution in [-0.2, 0) is 11.3 Å². The summed E-state index contributed by atoms with van der Waals surface area (Å²) in [5.41, 5.74) is 2.57. The fourth-order valence-electron chi connectivity index (χ4n) is 4.11. The van der Waals surface area contributed by atoms with E-state index in [1.54, 1.807) is 13.0 Å². The Morgan fingerprint density at radius 1 is 1.15 bits per heavy atom. The van der Waals surface area contributed by atoms with E-state index in [9.17, 15) is 9.59 Å². The summed E-state index contributed by atoms with van der Waals surface area (Å²) < 4.78 is 1.88. The van der Waals surface area contributed by atoms with Gasteiger partial charge < -0.3 is 14.4 Å². The molecule has 1 fully saturated rings. The molecule has 0 aliphatic carbocycles. The maximum absolute atomic E-state index is 12.8. The van der Waals surface area contributed by atoms with Crippen LogP contribution < -0.4 is 10.5 Å². The summed E-state index contributed by atoms with van der Waals surface area (Å²) in [7, 11) is 3.85. The second-order valence-electron chi connectivity index (χ2n) is 7.50. The average molecular weight is 353 g/mol. The van der Waals surface area contributed by atoms with Gasteiger partial charge in [-0.3, -0.25) is 9.59 Å². The molecule has 7 heteroatoms. The van der Waals surface area contributed by atoms with Crippen molar-refractivity contribution in [3.8, 4) is 11.3 Å². The highest BCUT2D eigenvalue weighted by Crippen LogP contribution is 2.36. The smallest absolute Gasteiger partial charge is 0.251 e. The lowest BCUT2D eigenvalue weighted by Crippen LogP contribution is -2.48. The van der Waals surface area contributed by atoms with Gasteiger partial charge >= 0.3 is 0 Å². The fraction of sp³-hybridized carbons (Fsp3) is 0.474. The van der Waals surface area contributed by atoms with E-state index in [4.69, 9.17) is 0 Å². The minimum Gasteiger partial charge on any atom is -0.363 e. The zero-order chi connectivity index (χ0) is 18.4. The van der Waals surface area contributed by atoms with Crippen LogP contribution in [0.1, 0.15) is 25.0 Å². The number of aromatic nitrogens is 3. The lowest BCUT2D eigenvalue weighted by atomic mass is 9.82. The van der Waals surface area contributed by atoms with Gasteiger partial charge in [0, 0.05) is 70.0 Å². The van der Waals surface area contributed by atoms with Crippen LogP contribution in [-0.4, -0.2) is 52.5 Å². The SMILES string of the molecule is CC(=O)N1C[C@@H]2C[C@H](C1)c1cc(-c3cc(N(C)C)ncn3)cc(=O)n1C2. The largest absolute Gasteiger partial charge is 0.363 e. The van der Waals surface area contributed by atoms with E-state index in [1.165, 1.54) is 6.33 Å². The van der Waals surface area contributed by atoms with Crippen LogP contribution >= 0.6 is 0 Å². The number of piperidine rings is 1. The van der Waals surface area contributed by atoms with E-state index < -0.39 is 0 Å². The number of likely N-dealkylation sites (tertiary alicyclic amines) is 1. The number of fused-ring (bicyclic) bond motifs is 4. The number of rotatable bonds is 2. The molecule has 0 spiro atoms. The van der Waals surface area contributed by atoms with Crippen LogP contribution in [0.15, 0.2) is 29.3 Å². The van der Waals surface area contributed by atoms with Crippen LogP contribution in [0.3, 0.4) is 0 Å². The average Bonchev–Trinajstić information content (AvgIpc) is 2.62. The van der Waals surface area contributed by atoms with Crippen LogP contribution in [0.2, 0.25) is 0 Å². The molecule has 2 aromatic rings. The highest BCUT2D eigenvalue weighted by molar-refractivity contribution is 5.73. The summed E-state index contributed by atoms with van der Waals surface area (Å²) in [5.74, 6) is 1.47. The number of pyridine rings is 1. The molecule has 2 bridgehead atoms. The van der Waals surface area contributed by atoms with E-state index in [-0.39, 0.29) is 17.4 Å². The van der Waals surface area contributed by atoms with Crippen LogP contribution in [0, 0.1) is 5.92 Å². The van der Waals surface area contributed by atoms with Crippen LogP contribution in [0.5, 0.6) is 0 Å². The predicted octanol–water partition coefficient (Wildman–Crippen LogP) is 1.34. The number of hydrogen-bond acceptors (Lipinski definition) is 5. The zero-order valence-corrected chi connectivity index (χ0v) is 15.3. The monoisotopic (exact) mass is 353 g/mol. The van der Waals surface area contributed by atoms with Gasteiger partial charge in [-0.15, -0.1) is 0 Å². The molecule has 7 nitrogen and oxygen atoms in total. The number of hydrogen-bond donors (Lipinski definition) is 0. The van der Waals surface area contributed by atoms with E-state index in [2.05, 4.69) is 16.0 Å². The molecule has 0 saturated carbocycles. The molecule has 4 heterocycles. The van der Waals surface area contributed by atoms with Gasteiger partial charge in [-0.1, -0.05) is 0 Å². The normalized spacial score (nSPS) is 21.3. The van der Waals surface area contributed by atoms with Crippen LogP contribution in [0.25, 0.3) is 11.3 Å². The number of carbonyl (C=O) groups excluding carboxylic acids is 1. The Bertz CT molecular complexity index is 920. The number of anilines is 1. The van der Waals surface area contributed by atoms with Crippen molar-refractivity contribution >= 4 is 11.7 Å². The van der Waals surface area contributed by atoms with Gasteiger partial charge in [0.05, 0.1) is 5.69 Å². The van der Waals surface area contributed by atoms with Gasteiger partial charge in [0.25, 0.3) is 5.56 Å². The Morgan fingerprint density at radius 3 is 2.69 bits per heavy atom. The van der Waals surface area contributed by atoms with Crippen molar-refractivity contribution in [1.82, 2.24) is 19.4 Å². The maximum atomic E-state index is 12.8. The second-order valence-corrected chi connectivity index (χ2v) is 7.50. The van der Waals surface area contributed by atoms with Gasteiger partial charge in [0.1, 0.15) is 12.1 Å². The van der Waals surface area contributed by atoms with Gasteiger partial charge in [-0.05, 0) is 18.4 Å². The van der Waals surface area contributed by atoms with Crippen molar-refractivity contribution in [2.24, 2.45) is 5.92 Å². The maximum Gasteiger partial charge on any atom is 0.251 e. The van der Waals surface area contributed by atoms with E-state index in [0.717, 1.165) is 35.7 Å². The molecule has 1 amide bonds. The molecule has 0 aromatic carbocycles. The van der Waals surface area contributed by atoms with Gasteiger partial charge in [0.15, 0.2) is 0 Å². The summed E-state index contributed by atoms with van der Waals surface area (Å²) in [6, 6.07) is 5.61. The standard InChI is InChI=1S/C19H23N5O2/c1-12(25)23-8-13-4-15(10-23)17-5-14(6-19(26)24(17)9-13)16-7-18(22(2)3)21-11-20-16/h5-7,11,13,15H,4,8-10H2,1-3H3/t13-,15+/m0/s1. The molecular formula is C19H23N5O2.